The van der Waals surface area contributed by atoms with Crippen molar-refractivity contribution in [3.8, 4) is 5.88 Å². The Morgan fingerprint density at radius 1 is 1.10 bits per heavy atom. The van der Waals surface area contributed by atoms with Gasteiger partial charge in [0, 0.05) is 34.9 Å². The third kappa shape index (κ3) is 6.22. The van der Waals surface area contributed by atoms with Gasteiger partial charge in [-0.2, -0.15) is 0 Å². The predicted molar refractivity (Wildman–Crippen MR) is 153 cm³/mol. The third-order valence-electron chi connectivity index (χ3n) is 7.93. The Morgan fingerprint density at radius 2 is 1.93 bits per heavy atom. The van der Waals surface area contributed by atoms with E-state index in [1.807, 2.05) is 24.3 Å². The van der Waals surface area contributed by atoms with Gasteiger partial charge < -0.3 is 18.8 Å². The second kappa shape index (κ2) is 12.1. The fourth-order valence-electron chi connectivity index (χ4n) is 5.49. The minimum Gasteiger partial charge on any atom is -0.473 e. The molecule has 6 rings (SSSR count). The maximum absolute atomic E-state index is 14.1. The second-order valence-electron chi connectivity index (χ2n) is 10.6. The van der Waals surface area contributed by atoms with E-state index >= 15 is 0 Å². The molecule has 1 atom stereocenters. The van der Waals surface area contributed by atoms with E-state index in [1.165, 1.54) is 13.2 Å². The first kappa shape index (κ1) is 27.6. The van der Waals surface area contributed by atoms with Crippen molar-refractivity contribution in [2.75, 3.05) is 26.8 Å². The van der Waals surface area contributed by atoms with Crippen LogP contribution in [0.3, 0.4) is 0 Å². The minimum atomic E-state index is -0.390. The summed E-state index contributed by atoms with van der Waals surface area (Å²) in [6.07, 6.45) is 3.10. The molecule has 8 nitrogen and oxygen atoms in total. The molecule has 2 aliphatic heterocycles. The number of likely N-dealkylation sites (tertiary alicyclic amines) is 1. The number of carbonyl (C=O) groups is 1. The van der Waals surface area contributed by atoms with Crippen molar-refractivity contribution in [2.45, 2.75) is 51.0 Å². The Balaban J connectivity index is 1.11. The summed E-state index contributed by atoms with van der Waals surface area (Å²) in [6, 6.07) is 15.9. The molecule has 214 valence electrons. The minimum absolute atomic E-state index is 0.0892. The van der Waals surface area contributed by atoms with Gasteiger partial charge in [0.1, 0.15) is 18.2 Å². The molecule has 2 saturated heterocycles. The first-order valence-corrected chi connectivity index (χ1v) is 14.3. The highest BCUT2D eigenvalue weighted by Gasteiger charge is 2.26. The van der Waals surface area contributed by atoms with E-state index in [9.17, 15) is 9.18 Å². The van der Waals surface area contributed by atoms with Gasteiger partial charge in [-0.15, -0.1) is 0 Å². The zero-order valence-electron chi connectivity index (χ0n) is 22.9. The molecule has 0 aliphatic carbocycles. The van der Waals surface area contributed by atoms with Gasteiger partial charge >= 0.3 is 5.97 Å². The number of esters is 1. The van der Waals surface area contributed by atoms with E-state index in [0.29, 0.717) is 41.0 Å². The lowest BCUT2D eigenvalue weighted by molar-refractivity contribution is -0.0592. The molecular formula is C31H32ClFN4O4. The van der Waals surface area contributed by atoms with Gasteiger partial charge in [-0.25, -0.2) is 19.2 Å². The number of aromatic nitrogens is 3. The number of hydrogen-bond acceptors (Lipinski definition) is 7. The second-order valence-corrected chi connectivity index (χ2v) is 11.0. The number of benzene rings is 2. The van der Waals surface area contributed by atoms with E-state index in [1.54, 1.807) is 24.3 Å². The number of fused-ring (bicyclic) bond motifs is 1. The Bertz CT molecular complexity index is 1550. The highest BCUT2D eigenvalue weighted by molar-refractivity contribution is 6.30. The molecule has 0 N–H and O–H groups in total. The lowest BCUT2D eigenvalue weighted by Crippen LogP contribution is -2.35. The first-order chi connectivity index (χ1) is 20.0. The van der Waals surface area contributed by atoms with Crippen LogP contribution in [0.4, 0.5) is 4.39 Å². The van der Waals surface area contributed by atoms with Crippen molar-refractivity contribution >= 4 is 28.6 Å². The van der Waals surface area contributed by atoms with Gasteiger partial charge in [0.2, 0.25) is 5.88 Å². The van der Waals surface area contributed by atoms with Crippen molar-refractivity contribution in [2.24, 2.45) is 0 Å². The Labute approximate surface area is 243 Å². The van der Waals surface area contributed by atoms with Gasteiger partial charge in [-0.05, 0) is 68.8 Å². The summed E-state index contributed by atoms with van der Waals surface area (Å²) in [5, 5.41) is 0.357. The molecule has 0 saturated carbocycles. The molecule has 4 aromatic rings. The number of nitrogens with zero attached hydrogens (tertiary/aromatic N) is 4. The maximum atomic E-state index is 14.1. The van der Waals surface area contributed by atoms with Crippen LogP contribution < -0.4 is 4.74 Å². The monoisotopic (exact) mass is 578 g/mol. The van der Waals surface area contributed by atoms with Gasteiger partial charge in [0.15, 0.2) is 0 Å². The van der Waals surface area contributed by atoms with E-state index in [-0.39, 0.29) is 18.7 Å². The van der Waals surface area contributed by atoms with Crippen LogP contribution in [0, 0.1) is 5.82 Å². The predicted octanol–water partition coefficient (Wildman–Crippen LogP) is 5.76. The van der Waals surface area contributed by atoms with Gasteiger partial charge in [-0.1, -0.05) is 23.7 Å². The first-order valence-electron chi connectivity index (χ1n) is 13.9. The lowest BCUT2D eigenvalue weighted by atomic mass is 9.93. The van der Waals surface area contributed by atoms with Crippen LogP contribution in [-0.2, 0) is 29.2 Å². The fraction of sp³-hybridized carbons (Fsp3) is 0.387. The summed E-state index contributed by atoms with van der Waals surface area (Å²) in [5.74, 6) is 1.02. The largest absolute Gasteiger partial charge is 0.473 e. The number of ether oxygens (including phenoxy) is 3. The van der Waals surface area contributed by atoms with E-state index < -0.39 is 5.82 Å². The number of imidazole rings is 1. The average Bonchev–Trinajstić information content (AvgIpc) is 3.30. The van der Waals surface area contributed by atoms with Crippen molar-refractivity contribution in [3.63, 3.8) is 0 Å². The molecule has 10 heteroatoms. The van der Waals surface area contributed by atoms with Gasteiger partial charge in [0.25, 0.3) is 0 Å². The average molecular weight is 579 g/mol. The number of carbonyl (C=O) groups excluding carboxylic acids is 1. The summed E-state index contributed by atoms with van der Waals surface area (Å²) in [6.45, 7) is 4.11. The number of methoxy groups -OCH3 is 1. The molecule has 2 aromatic heterocycles. The van der Waals surface area contributed by atoms with Crippen molar-refractivity contribution in [3.05, 3.63) is 88.1 Å². The molecule has 0 spiro atoms. The number of hydrogen-bond donors (Lipinski definition) is 0. The zero-order chi connectivity index (χ0) is 28.3. The number of rotatable bonds is 9. The van der Waals surface area contributed by atoms with Crippen LogP contribution in [0.15, 0.2) is 54.6 Å². The SMILES string of the molecule is COC(=O)c1ccc2nc(CN3CCC(c4cccc(OCc5ccc(Cl)cc5F)n4)CC3)n(C[C@@H]3CCO3)c2c1. The normalized spacial score (nSPS) is 17.9. The van der Waals surface area contributed by atoms with Crippen LogP contribution in [-0.4, -0.2) is 58.3 Å². The standard InChI is InChI=1S/C31H32ClFN4O4/c1-39-31(38)21-6-8-27-28(15-21)37(17-24-11-14-40-24)29(34-27)18-36-12-9-20(10-13-36)26-3-2-4-30(35-26)41-19-22-5-7-23(32)16-25(22)33/h2-8,15-16,20,24H,9-14,17-19H2,1H3/t24-/m0/s1. The zero-order valence-corrected chi connectivity index (χ0v) is 23.6. The summed E-state index contributed by atoms with van der Waals surface area (Å²) < 4.78 is 32.8. The molecular weight excluding hydrogens is 547 g/mol. The highest BCUT2D eigenvalue weighted by atomic mass is 35.5. The van der Waals surface area contributed by atoms with Crippen molar-refractivity contribution in [1.29, 1.82) is 0 Å². The molecule has 2 aliphatic rings. The number of halogens is 2. The summed E-state index contributed by atoms with van der Waals surface area (Å²) in [4.78, 5) is 24.2. The molecule has 0 amide bonds. The highest BCUT2D eigenvalue weighted by Crippen LogP contribution is 2.30. The van der Waals surface area contributed by atoms with Crippen LogP contribution in [0.25, 0.3) is 11.0 Å². The van der Waals surface area contributed by atoms with Crippen LogP contribution in [0.1, 0.15) is 52.6 Å². The summed E-state index contributed by atoms with van der Waals surface area (Å²) >= 11 is 5.85. The van der Waals surface area contributed by atoms with Crippen LogP contribution >= 0.6 is 11.6 Å². The van der Waals surface area contributed by atoms with Crippen molar-refractivity contribution in [1.82, 2.24) is 19.4 Å². The Morgan fingerprint density at radius 3 is 2.66 bits per heavy atom. The lowest BCUT2D eigenvalue weighted by Gasteiger charge is -2.32. The van der Waals surface area contributed by atoms with Gasteiger partial charge in [0.05, 0.1) is 42.9 Å². The third-order valence-corrected chi connectivity index (χ3v) is 8.17. The summed E-state index contributed by atoms with van der Waals surface area (Å²) in [7, 11) is 1.39. The topological polar surface area (TPSA) is 78.7 Å². The van der Waals surface area contributed by atoms with E-state index in [0.717, 1.165) is 61.5 Å². The summed E-state index contributed by atoms with van der Waals surface area (Å²) in [5.41, 5.74) is 3.73. The van der Waals surface area contributed by atoms with Gasteiger partial charge in [-0.3, -0.25) is 4.90 Å². The molecule has 0 unspecified atom stereocenters. The molecule has 0 radical (unpaired) electrons. The molecule has 0 bridgehead atoms. The van der Waals surface area contributed by atoms with E-state index in [2.05, 4.69) is 9.47 Å². The molecule has 2 aromatic carbocycles. The quantitative estimate of drug-likeness (QED) is 0.234. The number of piperidine rings is 1. The molecule has 41 heavy (non-hydrogen) atoms. The fourth-order valence-corrected chi connectivity index (χ4v) is 5.65. The number of pyridine rings is 1. The smallest absolute Gasteiger partial charge is 0.337 e. The molecule has 4 heterocycles. The Kier molecular flexibility index (Phi) is 8.18. The van der Waals surface area contributed by atoms with E-state index in [4.69, 9.17) is 35.8 Å². The van der Waals surface area contributed by atoms with Crippen LogP contribution in [0.2, 0.25) is 5.02 Å². The molecule has 2 fully saturated rings. The Hall–Kier alpha value is -3.53. The maximum Gasteiger partial charge on any atom is 0.337 e. The van der Waals surface area contributed by atoms with Crippen molar-refractivity contribution < 1.29 is 23.4 Å². The van der Waals surface area contributed by atoms with Crippen LogP contribution in [0.5, 0.6) is 5.88 Å².